The van der Waals surface area contributed by atoms with Gasteiger partial charge in [0, 0.05) is 18.8 Å². The fourth-order valence-corrected chi connectivity index (χ4v) is 2.20. The Morgan fingerprint density at radius 3 is 2.94 bits per heavy atom. The van der Waals surface area contributed by atoms with Crippen molar-refractivity contribution >= 4 is 11.6 Å². The molecule has 1 aliphatic heterocycles. The van der Waals surface area contributed by atoms with Crippen molar-refractivity contribution in [2.75, 3.05) is 11.9 Å². The average Bonchev–Trinajstić information content (AvgIpc) is 2.40. The molecule has 0 aliphatic carbocycles. The molecule has 3 N–H and O–H groups in total. The molecule has 0 radical (unpaired) electrons. The van der Waals surface area contributed by atoms with E-state index in [1.54, 1.807) is 0 Å². The molecule has 1 atom stereocenters. The zero-order chi connectivity index (χ0) is 12.8. The summed E-state index contributed by atoms with van der Waals surface area (Å²) in [5.41, 5.74) is 7.40. The maximum atomic E-state index is 11.9. The lowest BCUT2D eigenvalue weighted by Gasteiger charge is -2.22. The topological polar surface area (TPSA) is 64.3 Å². The number of ether oxygens (including phenoxy) is 1. The Labute approximate surface area is 108 Å². The van der Waals surface area contributed by atoms with Crippen LogP contribution in [0.1, 0.15) is 31.2 Å². The van der Waals surface area contributed by atoms with Gasteiger partial charge in [-0.05, 0) is 30.9 Å². The second kappa shape index (κ2) is 6.52. The molecule has 1 fully saturated rings. The molecule has 4 nitrogen and oxygen atoms in total. The molecule has 0 saturated carbocycles. The van der Waals surface area contributed by atoms with Gasteiger partial charge in [0.25, 0.3) is 0 Å². The summed E-state index contributed by atoms with van der Waals surface area (Å²) in [7, 11) is 0. The number of amides is 1. The minimum atomic E-state index is 0.00259. The Morgan fingerprint density at radius 1 is 1.39 bits per heavy atom. The molecule has 1 saturated heterocycles. The minimum Gasteiger partial charge on any atom is -0.378 e. The highest BCUT2D eigenvalue weighted by molar-refractivity contribution is 5.91. The van der Waals surface area contributed by atoms with Gasteiger partial charge in [0.2, 0.25) is 5.91 Å². The van der Waals surface area contributed by atoms with Gasteiger partial charge in [-0.25, -0.2) is 0 Å². The van der Waals surface area contributed by atoms with Crippen LogP contribution < -0.4 is 11.1 Å². The quantitative estimate of drug-likeness (QED) is 0.857. The van der Waals surface area contributed by atoms with E-state index < -0.39 is 0 Å². The van der Waals surface area contributed by atoms with Crippen LogP contribution in [-0.4, -0.2) is 18.6 Å². The van der Waals surface area contributed by atoms with Crippen molar-refractivity contribution in [3.05, 3.63) is 29.8 Å². The standard InChI is InChI=1S/C14H20N2O2/c15-10-11-5-1-2-7-13(11)16-14(17)9-12-6-3-4-8-18-12/h1-2,5,7,12H,3-4,6,8-10,15H2,(H,16,17). The van der Waals surface area contributed by atoms with Crippen LogP contribution in [-0.2, 0) is 16.1 Å². The molecule has 0 bridgehead atoms. The predicted octanol–water partition coefficient (Wildman–Crippen LogP) is 2.04. The van der Waals surface area contributed by atoms with Crippen molar-refractivity contribution in [3.63, 3.8) is 0 Å². The fourth-order valence-electron chi connectivity index (χ4n) is 2.20. The van der Waals surface area contributed by atoms with Crippen molar-refractivity contribution in [1.29, 1.82) is 0 Å². The van der Waals surface area contributed by atoms with Crippen molar-refractivity contribution in [3.8, 4) is 0 Å². The highest BCUT2D eigenvalue weighted by Crippen LogP contribution is 2.18. The lowest BCUT2D eigenvalue weighted by molar-refractivity contribution is -0.119. The van der Waals surface area contributed by atoms with Gasteiger partial charge in [-0.1, -0.05) is 18.2 Å². The van der Waals surface area contributed by atoms with Gasteiger partial charge in [0.15, 0.2) is 0 Å². The van der Waals surface area contributed by atoms with Crippen molar-refractivity contribution in [1.82, 2.24) is 0 Å². The highest BCUT2D eigenvalue weighted by atomic mass is 16.5. The number of hydrogen-bond acceptors (Lipinski definition) is 3. The number of para-hydroxylation sites is 1. The van der Waals surface area contributed by atoms with E-state index in [-0.39, 0.29) is 12.0 Å². The number of rotatable bonds is 4. The predicted molar refractivity (Wildman–Crippen MR) is 71.2 cm³/mol. The Bertz CT molecular complexity index is 401. The van der Waals surface area contributed by atoms with Crippen LogP contribution in [0.2, 0.25) is 0 Å². The third-order valence-electron chi connectivity index (χ3n) is 3.20. The first-order chi connectivity index (χ1) is 8.79. The Balaban J connectivity index is 1.90. The lowest BCUT2D eigenvalue weighted by Crippen LogP contribution is -2.26. The van der Waals surface area contributed by atoms with Crippen LogP contribution in [0.25, 0.3) is 0 Å². The van der Waals surface area contributed by atoms with Crippen LogP contribution in [0, 0.1) is 0 Å². The lowest BCUT2D eigenvalue weighted by atomic mass is 10.1. The Hall–Kier alpha value is -1.39. The molecule has 1 aliphatic rings. The molecule has 0 spiro atoms. The number of anilines is 1. The van der Waals surface area contributed by atoms with Crippen molar-refractivity contribution < 1.29 is 9.53 Å². The second-order valence-corrected chi connectivity index (χ2v) is 4.60. The molecular formula is C14H20N2O2. The fraction of sp³-hybridized carbons (Fsp3) is 0.500. The van der Waals surface area contributed by atoms with E-state index in [0.29, 0.717) is 13.0 Å². The maximum absolute atomic E-state index is 11.9. The number of carbonyl (C=O) groups is 1. The van der Waals surface area contributed by atoms with Crippen LogP contribution in [0.4, 0.5) is 5.69 Å². The third-order valence-corrected chi connectivity index (χ3v) is 3.20. The molecule has 1 unspecified atom stereocenters. The van der Waals surface area contributed by atoms with Gasteiger partial charge in [-0.15, -0.1) is 0 Å². The summed E-state index contributed by atoms with van der Waals surface area (Å²) >= 11 is 0. The van der Waals surface area contributed by atoms with Gasteiger partial charge in [-0.2, -0.15) is 0 Å². The smallest absolute Gasteiger partial charge is 0.226 e. The number of hydrogen-bond donors (Lipinski definition) is 2. The summed E-state index contributed by atoms with van der Waals surface area (Å²) in [4.78, 5) is 11.9. The number of benzene rings is 1. The van der Waals surface area contributed by atoms with Crippen LogP contribution in [0.5, 0.6) is 0 Å². The van der Waals surface area contributed by atoms with E-state index in [9.17, 15) is 4.79 Å². The molecule has 1 aromatic carbocycles. The molecule has 2 rings (SSSR count). The SMILES string of the molecule is NCc1ccccc1NC(=O)CC1CCCCO1. The largest absolute Gasteiger partial charge is 0.378 e. The van der Waals surface area contributed by atoms with Crippen LogP contribution >= 0.6 is 0 Å². The first-order valence-corrected chi connectivity index (χ1v) is 6.49. The maximum Gasteiger partial charge on any atom is 0.226 e. The summed E-state index contributed by atoms with van der Waals surface area (Å²) < 4.78 is 5.56. The highest BCUT2D eigenvalue weighted by Gasteiger charge is 2.17. The van der Waals surface area contributed by atoms with Gasteiger partial charge < -0.3 is 15.8 Å². The normalized spacial score (nSPS) is 19.5. The van der Waals surface area contributed by atoms with Gasteiger partial charge in [0.05, 0.1) is 12.5 Å². The van der Waals surface area contributed by atoms with Crippen LogP contribution in [0.3, 0.4) is 0 Å². The Kier molecular flexibility index (Phi) is 4.73. The molecule has 4 heteroatoms. The summed E-state index contributed by atoms with van der Waals surface area (Å²) in [6.07, 6.45) is 3.74. The Morgan fingerprint density at radius 2 is 2.22 bits per heavy atom. The van der Waals surface area contributed by atoms with E-state index >= 15 is 0 Å². The molecule has 0 aromatic heterocycles. The minimum absolute atomic E-state index is 0.00259. The van der Waals surface area contributed by atoms with Gasteiger partial charge in [-0.3, -0.25) is 4.79 Å². The number of nitrogens with one attached hydrogen (secondary N) is 1. The molecule has 1 aromatic rings. The summed E-state index contributed by atoms with van der Waals surface area (Å²) in [5.74, 6) is 0.00259. The van der Waals surface area contributed by atoms with E-state index in [0.717, 1.165) is 37.1 Å². The summed E-state index contributed by atoms with van der Waals surface area (Å²) in [6.45, 7) is 1.20. The summed E-state index contributed by atoms with van der Waals surface area (Å²) in [5, 5.41) is 2.91. The second-order valence-electron chi connectivity index (χ2n) is 4.60. The van der Waals surface area contributed by atoms with Gasteiger partial charge >= 0.3 is 0 Å². The number of nitrogens with two attached hydrogens (primary N) is 1. The molecule has 18 heavy (non-hydrogen) atoms. The summed E-state index contributed by atoms with van der Waals surface area (Å²) in [6, 6.07) is 7.61. The van der Waals surface area contributed by atoms with Crippen molar-refractivity contribution in [2.45, 2.75) is 38.3 Å². The zero-order valence-corrected chi connectivity index (χ0v) is 10.5. The van der Waals surface area contributed by atoms with E-state index in [2.05, 4.69) is 5.32 Å². The average molecular weight is 248 g/mol. The van der Waals surface area contributed by atoms with Gasteiger partial charge in [0.1, 0.15) is 0 Å². The number of carbonyl (C=O) groups excluding carboxylic acids is 1. The molecule has 1 amide bonds. The first-order valence-electron chi connectivity index (χ1n) is 6.49. The van der Waals surface area contributed by atoms with Crippen LogP contribution in [0.15, 0.2) is 24.3 Å². The monoisotopic (exact) mass is 248 g/mol. The first kappa shape index (κ1) is 13.1. The van der Waals surface area contributed by atoms with E-state index in [4.69, 9.17) is 10.5 Å². The third kappa shape index (κ3) is 3.55. The molecule has 1 heterocycles. The van der Waals surface area contributed by atoms with E-state index in [1.807, 2.05) is 24.3 Å². The zero-order valence-electron chi connectivity index (χ0n) is 10.5. The van der Waals surface area contributed by atoms with E-state index in [1.165, 1.54) is 0 Å². The van der Waals surface area contributed by atoms with Crippen molar-refractivity contribution in [2.24, 2.45) is 5.73 Å². The molecular weight excluding hydrogens is 228 g/mol. The molecule has 98 valence electrons.